The highest BCUT2D eigenvalue weighted by molar-refractivity contribution is 7.10. The molecule has 5 nitrogen and oxygen atoms in total. The van der Waals surface area contributed by atoms with Gasteiger partial charge in [-0.3, -0.25) is 4.90 Å². The zero-order chi connectivity index (χ0) is 21.1. The molecule has 1 aromatic heterocycles. The Morgan fingerprint density at radius 3 is 2.50 bits per heavy atom. The molecule has 2 aliphatic rings. The van der Waals surface area contributed by atoms with Crippen LogP contribution in [0.4, 0.5) is 0 Å². The van der Waals surface area contributed by atoms with E-state index in [1.807, 2.05) is 35.7 Å². The van der Waals surface area contributed by atoms with Crippen molar-refractivity contribution in [1.82, 2.24) is 4.90 Å². The van der Waals surface area contributed by atoms with E-state index in [1.54, 1.807) is 0 Å². The summed E-state index contributed by atoms with van der Waals surface area (Å²) >= 11 is 1.51. The van der Waals surface area contributed by atoms with Gasteiger partial charge in [0.05, 0.1) is 23.9 Å². The number of thiophene rings is 1. The third kappa shape index (κ3) is 3.23. The van der Waals surface area contributed by atoms with E-state index in [9.17, 15) is 15.8 Å². The van der Waals surface area contributed by atoms with Crippen molar-refractivity contribution in [2.24, 2.45) is 17.3 Å². The molecular formula is C24H21N5S. The van der Waals surface area contributed by atoms with Gasteiger partial charge >= 0.3 is 0 Å². The quantitative estimate of drug-likeness (QED) is 0.764. The molecule has 6 heteroatoms. The van der Waals surface area contributed by atoms with Gasteiger partial charge in [0.2, 0.25) is 0 Å². The maximum atomic E-state index is 10.1. The Labute approximate surface area is 180 Å². The van der Waals surface area contributed by atoms with Crippen LogP contribution in [0.15, 0.2) is 59.5 Å². The fourth-order valence-electron chi connectivity index (χ4n) is 4.76. The van der Waals surface area contributed by atoms with Crippen LogP contribution in [0, 0.1) is 56.7 Å². The molecule has 1 N–H and O–H groups in total. The number of hydrogen-bond donors (Lipinski definition) is 1. The number of benzene rings is 1. The maximum absolute atomic E-state index is 10.1. The highest BCUT2D eigenvalue weighted by atomic mass is 32.1. The van der Waals surface area contributed by atoms with Crippen LogP contribution in [-0.2, 0) is 6.42 Å². The summed E-state index contributed by atoms with van der Waals surface area (Å²) in [6.07, 6.45) is 2.97. The fourth-order valence-corrected chi connectivity index (χ4v) is 5.71. The Morgan fingerprint density at radius 2 is 1.87 bits per heavy atom. The van der Waals surface area contributed by atoms with E-state index in [1.165, 1.54) is 16.9 Å². The van der Waals surface area contributed by atoms with Crippen LogP contribution in [0.3, 0.4) is 0 Å². The molecule has 4 rings (SSSR count). The molecule has 1 aromatic carbocycles. The van der Waals surface area contributed by atoms with Gasteiger partial charge in [0.15, 0.2) is 5.41 Å². The van der Waals surface area contributed by atoms with Crippen LogP contribution in [0.25, 0.3) is 0 Å². The van der Waals surface area contributed by atoms with Crippen LogP contribution in [-0.4, -0.2) is 30.2 Å². The first-order valence-electron chi connectivity index (χ1n) is 9.95. The number of hydrogen-bond acceptors (Lipinski definition) is 6. The molecular weight excluding hydrogens is 390 g/mol. The third-order valence-electron chi connectivity index (χ3n) is 6.28. The number of rotatable bonds is 4. The lowest BCUT2D eigenvalue weighted by molar-refractivity contribution is 0.207. The zero-order valence-electron chi connectivity index (χ0n) is 16.5. The second-order valence-corrected chi connectivity index (χ2v) is 8.79. The van der Waals surface area contributed by atoms with Crippen LogP contribution in [0.2, 0.25) is 0 Å². The lowest BCUT2D eigenvalue weighted by Gasteiger charge is -2.47. The van der Waals surface area contributed by atoms with Crippen molar-refractivity contribution in [2.75, 3.05) is 19.6 Å². The molecule has 0 amide bonds. The highest BCUT2D eigenvalue weighted by Crippen LogP contribution is 2.54. The van der Waals surface area contributed by atoms with E-state index in [0.29, 0.717) is 13.1 Å². The summed E-state index contributed by atoms with van der Waals surface area (Å²) in [6.45, 7) is 2.26. The minimum absolute atomic E-state index is 0.0753. The summed E-state index contributed by atoms with van der Waals surface area (Å²) in [4.78, 5) is 3.25. The first-order valence-corrected chi connectivity index (χ1v) is 10.8. The minimum Gasteiger partial charge on any atom is -0.305 e. The molecule has 30 heavy (non-hydrogen) atoms. The molecule has 148 valence electrons. The van der Waals surface area contributed by atoms with Crippen molar-refractivity contribution in [1.29, 1.82) is 21.2 Å². The largest absolute Gasteiger partial charge is 0.305 e. The molecule has 1 aliphatic carbocycles. The fraction of sp³-hybridized carbons (Fsp3) is 0.333. The Balaban J connectivity index is 1.70. The molecule has 2 heterocycles. The van der Waals surface area contributed by atoms with Gasteiger partial charge in [-0.2, -0.15) is 15.8 Å². The lowest BCUT2D eigenvalue weighted by atomic mass is 9.55. The molecule has 0 spiro atoms. The van der Waals surface area contributed by atoms with E-state index in [-0.39, 0.29) is 11.6 Å². The first-order chi connectivity index (χ1) is 14.6. The number of nitrogens with zero attached hydrogens (tertiary/aromatic N) is 4. The van der Waals surface area contributed by atoms with Crippen molar-refractivity contribution in [2.45, 2.75) is 12.3 Å². The van der Waals surface area contributed by atoms with Crippen molar-refractivity contribution >= 4 is 17.0 Å². The second-order valence-electron chi connectivity index (χ2n) is 7.81. The van der Waals surface area contributed by atoms with Crippen molar-refractivity contribution in [3.63, 3.8) is 0 Å². The molecule has 1 fully saturated rings. The molecule has 1 unspecified atom stereocenters. The summed E-state index contributed by atoms with van der Waals surface area (Å²) in [7, 11) is 0. The van der Waals surface area contributed by atoms with Gasteiger partial charge in [-0.05, 0) is 29.0 Å². The normalized spacial score (nSPS) is 25.3. The maximum Gasteiger partial charge on any atom is 0.190 e. The lowest BCUT2D eigenvalue weighted by Crippen LogP contribution is -2.52. The van der Waals surface area contributed by atoms with Crippen LogP contribution >= 0.6 is 11.3 Å². The van der Waals surface area contributed by atoms with Crippen molar-refractivity contribution < 1.29 is 0 Å². The second kappa shape index (κ2) is 8.25. The summed E-state index contributed by atoms with van der Waals surface area (Å²) in [5.41, 5.74) is 0.479. The van der Waals surface area contributed by atoms with Gasteiger partial charge in [-0.1, -0.05) is 42.5 Å². The third-order valence-corrected chi connectivity index (χ3v) is 7.23. The van der Waals surface area contributed by atoms with E-state index >= 15 is 0 Å². The predicted octanol–water partition coefficient (Wildman–Crippen LogP) is 4.14. The summed E-state index contributed by atoms with van der Waals surface area (Å²) in [5.74, 6) is -1.37. The SMILES string of the molecule is N#CC1C(=N)C(C#N)(C#N)[C@H](c2cccs2)[C@H]2CN(CCc3ccccc3)CC=C12. The Hall–Kier alpha value is -3.24. The summed E-state index contributed by atoms with van der Waals surface area (Å²) in [6, 6.07) is 20.7. The van der Waals surface area contributed by atoms with Crippen LogP contribution in [0.5, 0.6) is 0 Å². The van der Waals surface area contributed by atoms with Crippen LogP contribution in [0.1, 0.15) is 16.4 Å². The van der Waals surface area contributed by atoms with E-state index in [4.69, 9.17) is 5.41 Å². The van der Waals surface area contributed by atoms with Crippen molar-refractivity contribution in [3.05, 3.63) is 69.9 Å². The van der Waals surface area contributed by atoms with Gasteiger partial charge in [0.25, 0.3) is 0 Å². The molecule has 0 radical (unpaired) electrons. The molecule has 0 saturated heterocycles. The van der Waals surface area contributed by atoms with Gasteiger partial charge in [0, 0.05) is 36.3 Å². The van der Waals surface area contributed by atoms with E-state index < -0.39 is 17.3 Å². The standard InChI is InChI=1S/C24H21N5S/c25-13-19-18-9-11-29(10-8-17-5-2-1-3-6-17)14-20(18)22(21-7-4-12-30-21)24(15-26,16-27)23(19)28/h1-7,9,12,19-20,22,28H,8,10-11,14H2/t19?,20-,22-/m0/s1. The zero-order valence-corrected chi connectivity index (χ0v) is 17.3. The van der Waals surface area contributed by atoms with Gasteiger partial charge in [-0.25, -0.2) is 0 Å². The highest BCUT2D eigenvalue weighted by Gasteiger charge is 2.58. The van der Waals surface area contributed by atoms with E-state index in [2.05, 4.69) is 41.3 Å². The summed E-state index contributed by atoms with van der Waals surface area (Å²) in [5, 5.41) is 40.5. The average molecular weight is 412 g/mol. The monoisotopic (exact) mass is 411 g/mol. The van der Waals surface area contributed by atoms with Gasteiger partial charge < -0.3 is 5.41 Å². The first kappa shape index (κ1) is 20.0. The molecule has 1 saturated carbocycles. The number of nitrogens with one attached hydrogen (secondary N) is 1. The number of nitriles is 3. The topological polar surface area (TPSA) is 98.5 Å². The molecule has 1 aliphatic heterocycles. The smallest absolute Gasteiger partial charge is 0.190 e. The van der Waals surface area contributed by atoms with E-state index in [0.717, 1.165) is 23.4 Å². The Morgan fingerprint density at radius 1 is 1.10 bits per heavy atom. The minimum atomic E-state index is -1.62. The Bertz CT molecular complexity index is 1070. The summed E-state index contributed by atoms with van der Waals surface area (Å²) < 4.78 is 0. The number of fused-ring (bicyclic) bond motifs is 1. The van der Waals surface area contributed by atoms with Gasteiger partial charge in [-0.15, -0.1) is 11.3 Å². The molecule has 0 bridgehead atoms. The molecule has 3 atom stereocenters. The molecule has 2 aromatic rings. The average Bonchev–Trinajstić information content (AvgIpc) is 3.32. The Kier molecular flexibility index (Phi) is 5.51. The van der Waals surface area contributed by atoms with Crippen molar-refractivity contribution in [3.8, 4) is 18.2 Å². The predicted molar refractivity (Wildman–Crippen MR) is 116 cm³/mol. The van der Waals surface area contributed by atoms with Crippen LogP contribution < -0.4 is 0 Å². The van der Waals surface area contributed by atoms with Gasteiger partial charge in [0.1, 0.15) is 5.92 Å².